The molecule has 0 spiro atoms. The number of nitrogens with one attached hydrogen (secondary N) is 2. The van der Waals surface area contributed by atoms with Gasteiger partial charge in [0.2, 0.25) is 0 Å². The summed E-state index contributed by atoms with van der Waals surface area (Å²) >= 11 is 0. The molecular formula is C38H40N12O2. The second kappa shape index (κ2) is 13.0. The van der Waals surface area contributed by atoms with Crippen molar-refractivity contribution in [2.24, 2.45) is 21.8 Å². The predicted octanol–water partition coefficient (Wildman–Crippen LogP) is 4.35. The number of nitrogens with zero attached hydrogens (tertiary/aromatic N) is 10. The number of fused-ring (bicyclic) bond motifs is 6. The zero-order valence-corrected chi connectivity index (χ0v) is 29.2. The fourth-order valence-electron chi connectivity index (χ4n) is 8.06. The molecule has 6 aromatic rings. The Morgan fingerprint density at radius 3 is 1.52 bits per heavy atom. The number of aromatic amines is 2. The molecule has 0 radical (unpaired) electrons. The van der Waals surface area contributed by atoms with E-state index in [1.165, 1.54) is 0 Å². The highest BCUT2D eigenvalue weighted by Crippen LogP contribution is 2.35. The van der Waals surface area contributed by atoms with Crippen LogP contribution in [0.3, 0.4) is 0 Å². The first-order chi connectivity index (χ1) is 25.4. The Morgan fingerprint density at radius 1 is 0.654 bits per heavy atom. The summed E-state index contributed by atoms with van der Waals surface area (Å²) in [6.07, 6.45) is 20.3. The number of piperidine rings is 2. The maximum atomic E-state index is 12.8. The number of hydrogen-bond acceptors (Lipinski definition) is 8. The zero-order chi connectivity index (χ0) is 35.3. The van der Waals surface area contributed by atoms with Crippen LogP contribution in [0.4, 0.5) is 0 Å². The van der Waals surface area contributed by atoms with Gasteiger partial charge in [-0.05, 0) is 49.0 Å². The van der Waals surface area contributed by atoms with Crippen LogP contribution < -0.4 is 0 Å². The Hall–Kier alpha value is -5.92. The summed E-state index contributed by atoms with van der Waals surface area (Å²) in [4.78, 5) is 62.4. The molecule has 0 aliphatic carbocycles. The highest BCUT2D eigenvalue weighted by molar-refractivity contribution is 6.13. The molecule has 10 heterocycles. The molecule has 264 valence electrons. The van der Waals surface area contributed by atoms with Gasteiger partial charge in [-0.1, -0.05) is 13.8 Å². The SMILES string of the molecule is C[C@@H]1CCN(C(=O)C2=CCN=C2)C[C@@H]1c1ncc2cnc3[nH]ccc3n12.C[C@H]1CCN(C(=O)C2=CCN=C2)C[C@H]1c1ncc2cnc3[nH]ccc3n12. The minimum Gasteiger partial charge on any atom is -0.345 e. The van der Waals surface area contributed by atoms with E-state index in [0.29, 0.717) is 49.2 Å². The molecule has 2 amide bonds. The summed E-state index contributed by atoms with van der Waals surface area (Å²) in [5.74, 6) is 3.47. The molecule has 4 aliphatic heterocycles. The minimum atomic E-state index is 0.0810. The van der Waals surface area contributed by atoms with Crippen molar-refractivity contribution in [3.8, 4) is 0 Å². The average Bonchev–Trinajstić information content (AvgIpc) is 4.02. The number of amides is 2. The number of carbonyl (C=O) groups is 2. The third-order valence-electron chi connectivity index (χ3n) is 11.1. The van der Waals surface area contributed by atoms with Crippen molar-refractivity contribution in [3.63, 3.8) is 0 Å². The third kappa shape index (κ3) is 5.49. The van der Waals surface area contributed by atoms with Gasteiger partial charge in [-0.15, -0.1) is 0 Å². The molecule has 0 bridgehead atoms. The van der Waals surface area contributed by atoms with Crippen molar-refractivity contribution >= 4 is 57.6 Å². The number of rotatable bonds is 4. The van der Waals surface area contributed by atoms with Gasteiger partial charge < -0.3 is 19.8 Å². The fourth-order valence-corrected chi connectivity index (χ4v) is 8.06. The summed E-state index contributed by atoms with van der Waals surface area (Å²) in [5, 5.41) is 0. The van der Waals surface area contributed by atoms with Gasteiger partial charge in [0.25, 0.3) is 11.8 Å². The zero-order valence-electron chi connectivity index (χ0n) is 29.2. The fraction of sp³-hybridized carbons (Fsp3) is 0.368. The maximum absolute atomic E-state index is 12.8. The molecule has 14 heteroatoms. The third-order valence-corrected chi connectivity index (χ3v) is 11.1. The summed E-state index contributed by atoms with van der Waals surface area (Å²) in [7, 11) is 0. The van der Waals surface area contributed by atoms with E-state index in [9.17, 15) is 9.59 Å². The van der Waals surface area contributed by atoms with Crippen molar-refractivity contribution in [1.82, 2.24) is 48.5 Å². The van der Waals surface area contributed by atoms with Gasteiger partial charge in [0, 0.05) is 62.8 Å². The van der Waals surface area contributed by atoms with Crippen LogP contribution in [-0.4, -0.2) is 112 Å². The maximum Gasteiger partial charge on any atom is 0.255 e. The molecule has 0 aromatic carbocycles. The molecule has 2 fully saturated rings. The Bertz CT molecular complexity index is 2290. The first-order valence-corrected chi connectivity index (χ1v) is 18.0. The second-order valence-electron chi connectivity index (χ2n) is 14.2. The highest BCUT2D eigenvalue weighted by atomic mass is 16.2. The summed E-state index contributed by atoms with van der Waals surface area (Å²) < 4.78 is 4.34. The Labute approximate surface area is 299 Å². The monoisotopic (exact) mass is 696 g/mol. The predicted molar refractivity (Wildman–Crippen MR) is 199 cm³/mol. The van der Waals surface area contributed by atoms with Crippen LogP contribution in [0.1, 0.15) is 50.2 Å². The molecule has 10 rings (SSSR count). The number of hydrogen-bond donors (Lipinski definition) is 2. The lowest BCUT2D eigenvalue weighted by Gasteiger charge is -2.36. The molecule has 0 saturated carbocycles. The van der Waals surface area contributed by atoms with Crippen LogP contribution in [0.15, 0.2) is 82.6 Å². The van der Waals surface area contributed by atoms with Gasteiger partial charge in [-0.25, -0.2) is 19.9 Å². The van der Waals surface area contributed by atoms with Gasteiger partial charge >= 0.3 is 0 Å². The smallest absolute Gasteiger partial charge is 0.255 e. The van der Waals surface area contributed by atoms with E-state index < -0.39 is 0 Å². The van der Waals surface area contributed by atoms with E-state index in [1.54, 1.807) is 12.4 Å². The molecule has 4 aliphatic rings. The number of aromatic nitrogens is 8. The number of carbonyl (C=O) groups excluding carboxylic acids is 2. The van der Waals surface area contributed by atoms with Gasteiger partial charge in [-0.2, -0.15) is 0 Å². The van der Waals surface area contributed by atoms with Gasteiger partial charge in [0.05, 0.1) is 71.1 Å². The Balaban J connectivity index is 0.000000138. The lowest BCUT2D eigenvalue weighted by molar-refractivity contribution is -0.129. The largest absolute Gasteiger partial charge is 0.345 e. The number of aliphatic imine (C=N–C) groups is 2. The number of likely N-dealkylation sites (tertiary alicyclic amines) is 2. The van der Waals surface area contributed by atoms with Crippen molar-refractivity contribution in [2.75, 3.05) is 39.3 Å². The van der Waals surface area contributed by atoms with Crippen LogP contribution in [0, 0.1) is 11.8 Å². The van der Waals surface area contributed by atoms with Gasteiger partial charge in [-0.3, -0.25) is 28.4 Å². The Morgan fingerprint density at radius 2 is 1.10 bits per heavy atom. The van der Waals surface area contributed by atoms with Crippen LogP contribution >= 0.6 is 0 Å². The van der Waals surface area contributed by atoms with Crippen LogP contribution in [0.5, 0.6) is 0 Å². The van der Waals surface area contributed by atoms with Crippen molar-refractivity contribution in [2.45, 2.75) is 38.5 Å². The van der Waals surface area contributed by atoms with Crippen molar-refractivity contribution in [3.05, 3.63) is 84.3 Å². The average molecular weight is 697 g/mol. The topological polar surface area (TPSA) is 157 Å². The van der Waals surface area contributed by atoms with Gasteiger partial charge in [0.1, 0.15) is 11.6 Å². The first-order valence-electron chi connectivity index (χ1n) is 18.0. The summed E-state index contributed by atoms with van der Waals surface area (Å²) in [6.45, 7) is 8.64. The lowest BCUT2D eigenvalue weighted by atomic mass is 9.86. The molecule has 0 unspecified atom stereocenters. The molecule has 6 aromatic heterocycles. The van der Waals surface area contributed by atoms with E-state index in [2.05, 4.69) is 52.6 Å². The molecule has 2 saturated heterocycles. The quantitative estimate of drug-likeness (QED) is 0.279. The minimum absolute atomic E-state index is 0.0810. The van der Waals surface area contributed by atoms with Crippen molar-refractivity contribution in [1.29, 1.82) is 0 Å². The number of H-pyrrole nitrogens is 2. The number of imidazole rings is 2. The normalized spacial score (nSPS) is 23.1. The van der Waals surface area contributed by atoms with Crippen LogP contribution in [0.25, 0.3) is 33.4 Å². The van der Waals surface area contributed by atoms with Crippen molar-refractivity contribution < 1.29 is 9.59 Å². The lowest BCUT2D eigenvalue weighted by Crippen LogP contribution is -2.43. The summed E-state index contributed by atoms with van der Waals surface area (Å²) in [5.41, 5.74) is 7.13. The van der Waals surface area contributed by atoms with E-state index >= 15 is 0 Å². The van der Waals surface area contributed by atoms with E-state index in [4.69, 9.17) is 9.97 Å². The van der Waals surface area contributed by atoms with Crippen LogP contribution in [-0.2, 0) is 9.59 Å². The van der Waals surface area contributed by atoms with E-state index in [0.717, 1.165) is 70.9 Å². The molecule has 52 heavy (non-hydrogen) atoms. The molecule has 14 nitrogen and oxygen atoms in total. The standard InChI is InChI=1S/2C19H20N6O/c2*1-12-4-7-24(19(26)13-2-5-20-8-13)11-15(12)18-23-10-14-9-22-17-16(25(14)18)3-6-21-17/h2*2-3,6,8-10,12,15,21H,4-5,7,11H2,1H3/t2*12-,15+/m10/s1. The highest BCUT2D eigenvalue weighted by Gasteiger charge is 2.35. The first kappa shape index (κ1) is 32.0. The van der Waals surface area contributed by atoms with Crippen LogP contribution in [0.2, 0.25) is 0 Å². The Kier molecular flexibility index (Phi) is 8.01. The molecule has 4 atom stereocenters. The summed E-state index contributed by atoms with van der Waals surface area (Å²) in [6, 6.07) is 4.05. The molecule has 2 N–H and O–H groups in total. The molecular weight excluding hydrogens is 656 g/mol. The van der Waals surface area contributed by atoms with E-state index in [1.807, 2.05) is 71.3 Å². The second-order valence-corrected chi connectivity index (χ2v) is 14.2. The van der Waals surface area contributed by atoms with Gasteiger partial charge in [0.15, 0.2) is 11.3 Å². The van der Waals surface area contributed by atoms with E-state index in [-0.39, 0.29) is 23.7 Å².